The van der Waals surface area contributed by atoms with Gasteiger partial charge in [0.05, 0.1) is 0 Å². The standard InChI is InChI=1S/C10H13N3O2S/c14-8-3-5-13(10(16)12-8)6-4-11-9(15)7-1-2-7/h3,5,7H,1-2,4,6H2,(H,11,15)(H,12,14,16). The van der Waals surface area contributed by atoms with E-state index in [1.54, 1.807) is 10.8 Å². The summed E-state index contributed by atoms with van der Waals surface area (Å²) in [5.74, 6) is 0.347. The summed E-state index contributed by atoms with van der Waals surface area (Å²) >= 11 is 4.98. The van der Waals surface area contributed by atoms with Crippen LogP contribution in [0.15, 0.2) is 17.1 Å². The maximum Gasteiger partial charge on any atom is 0.251 e. The van der Waals surface area contributed by atoms with E-state index in [1.165, 1.54) is 6.07 Å². The summed E-state index contributed by atoms with van der Waals surface area (Å²) in [6.45, 7) is 1.11. The van der Waals surface area contributed by atoms with Gasteiger partial charge in [0.2, 0.25) is 5.91 Å². The van der Waals surface area contributed by atoms with Gasteiger partial charge in [-0.15, -0.1) is 0 Å². The number of carbonyl (C=O) groups excluding carboxylic acids is 1. The lowest BCUT2D eigenvalue weighted by atomic mass is 10.4. The van der Waals surface area contributed by atoms with Gasteiger partial charge in [-0.25, -0.2) is 0 Å². The van der Waals surface area contributed by atoms with Crippen LogP contribution in [-0.2, 0) is 11.3 Å². The van der Waals surface area contributed by atoms with Gasteiger partial charge in [0.1, 0.15) is 0 Å². The molecule has 1 aliphatic rings. The smallest absolute Gasteiger partial charge is 0.251 e. The predicted octanol–water partition coefficient (Wildman–Crippen LogP) is 0.432. The minimum Gasteiger partial charge on any atom is -0.354 e. The minimum absolute atomic E-state index is 0.121. The zero-order valence-corrected chi connectivity index (χ0v) is 9.55. The fraction of sp³-hybridized carbons (Fsp3) is 0.500. The molecule has 0 atom stereocenters. The van der Waals surface area contributed by atoms with Crippen molar-refractivity contribution in [3.63, 3.8) is 0 Å². The highest BCUT2D eigenvalue weighted by atomic mass is 32.1. The summed E-state index contributed by atoms with van der Waals surface area (Å²) in [7, 11) is 0. The van der Waals surface area contributed by atoms with E-state index >= 15 is 0 Å². The van der Waals surface area contributed by atoms with Crippen LogP contribution in [0.3, 0.4) is 0 Å². The Morgan fingerprint density at radius 1 is 1.62 bits per heavy atom. The number of aromatic amines is 1. The van der Waals surface area contributed by atoms with E-state index in [-0.39, 0.29) is 17.4 Å². The Bertz CT molecular complexity index is 501. The third-order valence-corrected chi connectivity index (χ3v) is 2.83. The van der Waals surface area contributed by atoms with Crippen LogP contribution in [0.4, 0.5) is 0 Å². The molecule has 1 saturated carbocycles. The molecule has 5 nitrogen and oxygen atoms in total. The van der Waals surface area contributed by atoms with Crippen LogP contribution in [0.2, 0.25) is 0 Å². The lowest BCUT2D eigenvalue weighted by Crippen LogP contribution is -2.29. The third kappa shape index (κ3) is 2.79. The van der Waals surface area contributed by atoms with Crippen molar-refractivity contribution < 1.29 is 4.79 Å². The Morgan fingerprint density at radius 2 is 2.38 bits per heavy atom. The number of amides is 1. The number of H-pyrrole nitrogens is 1. The van der Waals surface area contributed by atoms with Crippen LogP contribution < -0.4 is 10.9 Å². The van der Waals surface area contributed by atoms with Crippen molar-refractivity contribution in [1.82, 2.24) is 14.9 Å². The second kappa shape index (κ2) is 4.61. The number of hydrogen-bond donors (Lipinski definition) is 2. The zero-order chi connectivity index (χ0) is 11.5. The molecule has 0 bridgehead atoms. The minimum atomic E-state index is -0.205. The van der Waals surface area contributed by atoms with Gasteiger partial charge in [-0.3, -0.25) is 14.6 Å². The number of nitrogens with zero attached hydrogens (tertiary/aromatic N) is 1. The van der Waals surface area contributed by atoms with Crippen LogP contribution in [0.1, 0.15) is 12.8 Å². The number of hydrogen-bond acceptors (Lipinski definition) is 3. The van der Waals surface area contributed by atoms with Gasteiger partial charge in [0.15, 0.2) is 4.77 Å². The molecule has 86 valence electrons. The quantitative estimate of drug-likeness (QED) is 0.749. The molecule has 0 aromatic carbocycles. The Kier molecular flexibility index (Phi) is 3.19. The second-order valence-electron chi connectivity index (χ2n) is 3.87. The summed E-state index contributed by atoms with van der Waals surface area (Å²) in [4.78, 5) is 24.8. The van der Waals surface area contributed by atoms with Crippen LogP contribution in [0.5, 0.6) is 0 Å². The first-order valence-corrected chi connectivity index (χ1v) is 5.65. The molecule has 0 aliphatic heterocycles. The summed E-state index contributed by atoms with van der Waals surface area (Å²) in [6.07, 6.45) is 3.64. The molecule has 6 heteroatoms. The SMILES string of the molecule is O=C(NCCn1ccc(=O)[nH]c1=S)C1CC1. The first kappa shape index (κ1) is 11.1. The van der Waals surface area contributed by atoms with E-state index in [0.717, 1.165) is 12.8 Å². The molecule has 0 unspecified atom stereocenters. The maximum atomic E-state index is 11.3. The van der Waals surface area contributed by atoms with Crippen LogP contribution >= 0.6 is 12.2 Å². The fourth-order valence-electron chi connectivity index (χ4n) is 1.41. The first-order valence-electron chi connectivity index (χ1n) is 5.24. The average Bonchev–Trinajstić information content (AvgIpc) is 3.04. The second-order valence-corrected chi connectivity index (χ2v) is 4.26. The van der Waals surface area contributed by atoms with Crippen LogP contribution in [0.25, 0.3) is 0 Å². The highest BCUT2D eigenvalue weighted by molar-refractivity contribution is 7.71. The number of aromatic nitrogens is 2. The van der Waals surface area contributed by atoms with E-state index < -0.39 is 0 Å². The molecule has 1 heterocycles. The predicted molar refractivity (Wildman–Crippen MR) is 61.6 cm³/mol. The molecule has 0 saturated heterocycles. The van der Waals surface area contributed by atoms with Crippen molar-refractivity contribution in [3.8, 4) is 0 Å². The topological polar surface area (TPSA) is 66.9 Å². The molecule has 1 aromatic rings. The monoisotopic (exact) mass is 239 g/mol. The number of carbonyl (C=O) groups is 1. The highest BCUT2D eigenvalue weighted by Crippen LogP contribution is 2.28. The summed E-state index contributed by atoms with van der Waals surface area (Å²) in [6, 6.07) is 1.42. The molecule has 2 N–H and O–H groups in total. The molecule has 16 heavy (non-hydrogen) atoms. The number of nitrogens with one attached hydrogen (secondary N) is 2. The molecule has 0 spiro atoms. The Hall–Kier alpha value is -1.43. The van der Waals surface area contributed by atoms with Crippen molar-refractivity contribution in [2.75, 3.05) is 6.54 Å². The fourth-order valence-corrected chi connectivity index (χ4v) is 1.66. The van der Waals surface area contributed by atoms with Gasteiger partial charge in [0, 0.05) is 31.3 Å². The molecule has 2 rings (SSSR count). The Morgan fingerprint density at radius 3 is 3.00 bits per heavy atom. The largest absolute Gasteiger partial charge is 0.354 e. The van der Waals surface area contributed by atoms with Crippen molar-refractivity contribution in [3.05, 3.63) is 27.4 Å². The first-order chi connectivity index (χ1) is 7.66. The zero-order valence-electron chi connectivity index (χ0n) is 8.73. The molecule has 1 aromatic heterocycles. The molecule has 0 radical (unpaired) electrons. The lowest BCUT2D eigenvalue weighted by molar-refractivity contribution is -0.122. The summed E-state index contributed by atoms with van der Waals surface area (Å²) in [5, 5.41) is 2.84. The van der Waals surface area contributed by atoms with Crippen LogP contribution in [0, 0.1) is 10.7 Å². The Labute approximate surface area is 97.5 Å². The van der Waals surface area contributed by atoms with Crippen molar-refractivity contribution in [2.45, 2.75) is 19.4 Å². The highest BCUT2D eigenvalue weighted by Gasteiger charge is 2.28. The van der Waals surface area contributed by atoms with E-state index in [0.29, 0.717) is 17.9 Å². The van der Waals surface area contributed by atoms with Gasteiger partial charge in [-0.05, 0) is 25.1 Å². The van der Waals surface area contributed by atoms with Gasteiger partial charge in [-0.1, -0.05) is 0 Å². The normalized spacial score (nSPS) is 14.8. The lowest BCUT2D eigenvalue weighted by Gasteiger charge is -2.07. The number of rotatable bonds is 4. The van der Waals surface area contributed by atoms with Gasteiger partial charge in [0.25, 0.3) is 5.56 Å². The molecular formula is C10H13N3O2S. The molecule has 1 aliphatic carbocycles. The van der Waals surface area contributed by atoms with Crippen molar-refractivity contribution in [1.29, 1.82) is 0 Å². The van der Waals surface area contributed by atoms with E-state index in [4.69, 9.17) is 12.2 Å². The van der Waals surface area contributed by atoms with Crippen molar-refractivity contribution in [2.24, 2.45) is 5.92 Å². The maximum absolute atomic E-state index is 11.3. The van der Waals surface area contributed by atoms with Crippen molar-refractivity contribution >= 4 is 18.1 Å². The molecule has 1 fully saturated rings. The van der Waals surface area contributed by atoms with Gasteiger partial charge >= 0.3 is 0 Å². The van der Waals surface area contributed by atoms with Crippen LogP contribution in [-0.4, -0.2) is 22.0 Å². The molecule has 1 amide bonds. The molecular weight excluding hydrogens is 226 g/mol. The van der Waals surface area contributed by atoms with E-state index in [1.807, 2.05) is 0 Å². The van der Waals surface area contributed by atoms with E-state index in [9.17, 15) is 9.59 Å². The van der Waals surface area contributed by atoms with Gasteiger partial charge in [-0.2, -0.15) is 0 Å². The summed E-state index contributed by atoms with van der Waals surface area (Å²) in [5.41, 5.74) is -0.205. The third-order valence-electron chi connectivity index (χ3n) is 2.50. The average molecular weight is 239 g/mol. The summed E-state index contributed by atoms with van der Waals surface area (Å²) < 4.78 is 2.11. The van der Waals surface area contributed by atoms with E-state index in [2.05, 4.69) is 10.3 Å². The van der Waals surface area contributed by atoms with Gasteiger partial charge < -0.3 is 9.88 Å². The Balaban J connectivity index is 1.87.